The number of ketones is 1. The second-order valence-corrected chi connectivity index (χ2v) is 7.62. The lowest BCUT2D eigenvalue weighted by atomic mass is 9.53. The molecule has 0 saturated heterocycles. The van der Waals surface area contributed by atoms with Crippen LogP contribution in [-0.2, 0) is 4.79 Å². The zero-order valence-electron chi connectivity index (χ0n) is 12.2. The van der Waals surface area contributed by atoms with Crippen LogP contribution in [-0.4, -0.2) is 17.0 Å². The van der Waals surface area contributed by atoms with E-state index in [1.54, 1.807) is 6.08 Å². The summed E-state index contributed by atoms with van der Waals surface area (Å²) in [7, 11) is 0. The monoisotopic (exact) mass is 272 g/mol. The van der Waals surface area contributed by atoms with E-state index >= 15 is 0 Å². The molecule has 1 N–H and O–H groups in total. The molecule has 4 aliphatic rings. The normalized spacial score (nSPS) is 50.2. The van der Waals surface area contributed by atoms with Gasteiger partial charge in [0.25, 0.3) is 0 Å². The lowest BCUT2D eigenvalue weighted by Crippen LogP contribution is -2.47. The number of fused-ring (bicyclic) bond motifs is 5. The van der Waals surface area contributed by atoms with E-state index in [0.29, 0.717) is 17.8 Å². The predicted molar refractivity (Wildman–Crippen MR) is 78.0 cm³/mol. The summed E-state index contributed by atoms with van der Waals surface area (Å²) in [6, 6.07) is 0. The fourth-order valence-electron chi connectivity index (χ4n) is 5.79. The average Bonchev–Trinajstić information content (AvgIpc) is 2.74. The number of aliphatic hydroxyl groups excluding tert-OH is 1. The second-order valence-electron chi connectivity index (χ2n) is 7.62. The van der Waals surface area contributed by atoms with Gasteiger partial charge in [-0.05, 0) is 73.8 Å². The number of hydrogen-bond acceptors (Lipinski definition) is 2. The summed E-state index contributed by atoms with van der Waals surface area (Å²) in [5.74, 6) is 2.85. The lowest BCUT2D eigenvalue weighted by Gasteiger charge is -2.52. The van der Waals surface area contributed by atoms with Gasteiger partial charge in [0.15, 0.2) is 5.78 Å². The maximum Gasteiger partial charge on any atom is 0.178 e. The second kappa shape index (κ2) is 4.30. The van der Waals surface area contributed by atoms with Crippen molar-refractivity contribution in [2.45, 2.75) is 51.6 Å². The highest BCUT2D eigenvalue weighted by molar-refractivity contribution is 6.00. The van der Waals surface area contributed by atoms with Gasteiger partial charge >= 0.3 is 0 Å². The van der Waals surface area contributed by atoms with Crippen molar-refractivity contribution < 1.29 is 9.90 Å². The van der Waals surface area contributed by atoms with Crippen LogP contribution >= 0.6 is 0 Å². The third-order valence-corrected chi connectivity index (χ3v) is 6.89. The summed E-state index contributed by atoms with van der Waals surface area (Å²) in [5, 5.41) is 10.4. The molecular weight excluding hydrogens is 248 g/mol. The Bertz CT molecular complexity index is 504. The minimum Gasteiger partial charge on any atom is -0.393 e. The van der Waals surface area contributed by atoms with Gasteiger partial charge in [-0.1, -0.05) is 18.6 Å². The Morgan fingerprint density at radius 1 is 1.20 bits per heavy atom. The Labute approximate surface area is 120 Å². The van der Waals surface area contributed by atoms with Crippen LogP contribution in [0.25, 0.3) is 0 Å². The van der Waals surface area contributed by atoms with Crippen LogP contribution in [0.1, 0.15) is 45.4 Å². The predicted octanol–water partition coefficient (Wildman–Crippen LogP) is 3.27. The minimum atomic E-state index is -0.0890. The van der Waals surface area contributed by atoms with E-state index in [4.69, 9.17) is 0 Å². The molecule has 0 aromatic carbocycles. The number of carbonyl (C=O) groups excluding carboxylic acids is 1. The smallest absolute Gasteiger partial charge is 0.178 e. The van der Waals surface area contributed by atoms with E-state index in [2.05, 4.69) is 13.0 Å². The number of allylic oxidation sites excluding steroid dienone is 4. The van der Waals surface area contributed by atoms with Crippen molar-refractivity contribution in [2.24, 2.45) is 29.1 Å². The summed E-state index contributed by atoms with van der Waals surface area (Å²) in [6.07, 6.45) is 12.6. The average molecular weight is 272 g/mol. The first-order valence-electron chi connectivity index (χ1n) is 8.20. The third-order valence-electron chi connectivity index (χ3n) is 6.89. The van der Waals surface area contributed by atoms with Gasteiger partial charge in [-0.25, -0.2) is 0 Å². The molecule has 0 heterocycles. The van der Waals surface area contributed by atoms with Gasteiger partial charge in [0, 0.05) is 5.92 Å². The molecule has 4 aliphatic carbocycles. The molecule has 0 radical (unpaired) electrons. The van der Waals surface area contributed by atoms with Crippen molar-refractivity contribution in [3.8, 4) is 0 Å². The van der Waals surface area contributed by atoms with Crippen molar-refractivity contribution in [2.75, 3.05) is 0 Å². The van der Waals surface area contributed by atoms with Gasteiger partial charge in [-0.15, -0.1) is 0 Å². The topological polar surface area (TPSA) is 37.3 Å². The maximum absolute atomic E-state index is 11.6. The lowest BCUT2D eigenvalue weighted by molar-refractivity contribution is -0.110. The quantitative estimate of drug-likeness (QED) is 0.735. The summed E-state index contributed by atoms with van der Waals surface area (Å²) in [4.78, 5) is 11.6. The van der Waals surface area contributed by atoms with Crippen molar-refractivity contribution in [3.05, 3.63) is 23.8 Å². The first-order valence-corrected chi connectivity index (χ1v) is 8.20. The Morgan fingerprint density at radius 3 is 2.90 bits per heavy atom. The van der Waals surface area contributed by atoms with Gasteiger partial charge in [0.2, 0.25) is 0 Å². The summed E-state index contributed by atoms with van der Waals surface area (Å²) in [6.45, 7) is 2.32. The van der Waals surface area contributed by atoms with Crippen molar-refractivity contribution in [1.82, 2.24) is 0 Å². The minimum absolute atomic E-state index is 0.0890. The molecule has 3 fully saturated rings. The number of carbonyl (C=O) groups is 1. The summed E-state index contributed by atoms with van der Waals surface area (Å²) >= 11 is 0. The molecule has 4 rings (SSSR count). The first kappa shape index (κ1) is 12.8. The van der Waals surface area contributed by atoms with E-state index in [1.165, 1.54) is 24.8 Å². The van der Waals surface area contributed by atoms with E-state index in [-0.39, 0.29) is 17.3 Å². The number of rotatable bonds is 0. The highest BCUT2D eigenvalue weighted by Gasteiger charge is 2.55. The summed E-state index contributed by atoms with van der Waals surface area (Å²) < 4.78 is 0. The molecule has 0 unspecified atom stereocenters. The third kappa shape index (κ3) is 1.64. The number of hydrogen-bond donors (Lipinski definition) is 1. The molecule has 0 spiro atoms. The SMILES string of the molecule is C[C@]12CC[C@H]3[C@@H](CCC4=CC(=O)C=C[C@@H]43)[C@@H]1CC[C@H]2O. The molecule has 0 aromatic rings. The van der Waals surface area contributed by atoms with Gasteiger partial charge in [0.05, 0.1) is 6.10 Å². The van der Waals surface area contributed by atoms with E-state index in [1.807, 2.05) is 6.08 Å². The van der Waals surface area contributed by atoms with E-state index in [9.17, 15) is 9.90 Å². The zero-order valence-corrected chi connectivity index (χ0v) is 12.2. The Balaban J connectivity index is 1.65. The van der Waals surface area contributed by atoms with Crippen LogP contribution in [0.2, 0.25) is 0 Å². The van der Waals surface area contributed by atoms with Crippen LogP contribution < -0.4 is 0 Å². The molecule has 2 heteroatoms. The van der Waals surface area contributed by atoms with Crippen LogP contribution in [0.5, 0.6) is 0 Å². The molecule has 3 saturated carbocycles. The Morgan fingerprint density at radius 2 is 2.05 bits per heavy atom. The highest BCUT2D eigenvalue weighted by Crippen LogP contribution is 2.61. The van der Waals surface area contributed by atoms with Gasteiger partial charge < -0.3 is 5.11 Å². The molecule has 0 aromatic heterocycles. The van der Waals surface area contributed by atoms with Crippen molar-refractivity contribution in [3.63, 3.8) is 0 Å². The fourth-order valence-corrected chi connectivity index (χ4v) is 5.79. The zero-order chi connectivity index (χ0) is 13.9. The van der Waals surface area contributed by atoms with E-state index in [0.717, 1.165) is 25.2 Å². The molecule has 0 amide bonds. The van der Waals surface area contributed by atoms with Gasteiger partial charge in [0.1, 0.15) is 0 Å². The van der Waals surface area contributed by atoms with Gasteiger partial charge in [-0.3, -0.25) is 4.79 Å². The number of aliphatic hydroxyl groups is 1. The molecule has 2 nitrogen and oxygen atoms in total. The summed E-state index contributed by atoms with van der Waals surface area (Å²) in [5.41, 5.74) is 1.54. The fraction of sp³-hybridized carbons (Fsp3) is 0.722. The first-order chi connectivity index (χ1) is 9.59. The Kier molecular flexibility index (Phi) is 2.76. The standard InChI is InChI=1S/C18H24O2/c1-18-9-8-14-13-5-3-12(19)10-11(13)2-4-15(14)16(18)6-7-17(18)20/h3,5,10,13-17,20H,2,4,6-9H2,1H3/t13-,14+,15+,16-,17+,18-/m0/s1. The van der Waals surface area contributed by atoms with Crippen LogP contribution in [0.3, 0.4) is 0 Å². The van der Waals surface area contributed by atoms with Crippen LogP contribution in [0.15, 0.2) is 23.8 Å². The molecule has 0 bridgehead atoms. The molecule has 6 atom stereocenters. The van der Waals surface area contributed by atoms with Crippen molar-refractivity contribution >= 4 is 5.78 Å². The highest BCUT2D eigenvalue weighted by atomic mass is 16.3. The molecule has 20 heavy (non-hydrogen) atoms. The largest absolute Gasteiger partial charge is 0.393 e. The van der Waals surface area contributed by atoms with Crippen molar-refractivity contribution in [1.29, 1.82) is 0 Å². The molecule has 0 aliphatic heterocycles. The van der Waals surface area contributed by atoms with Gasteiger partial charge in [-0.2, -0.15) is 0 Å². The molecular formula is C18H24O2. The molecule has 108 valence electrons. The van der Waals surface area contributed by atoms with Crippen LogP contribution in [0, 0.1) is 29.1 Å². The maximum atomic E-state index is 11.6. The van der Waals surface area contributed by atoms with Crippen LogP contribution in [0.4, 0.5) is 0 Å². The Hall–Kier alpha value is -0.890. The van der Waals surface area contributed by atoms with E-state index < -0.39 is 0 Å².